The van der Waals surface area contributed by atoms with Crippen molar-refractivity contribution in [3.8, 4) is 0 Å². The summed E-state index contributed by atoms with van der Waals surface area (Å²) in [5.74, 6) is 0.969. The number of thioether (sulfide) groups is 1. The van der Waals surface area contributed by atoms with Crippen molar-refractivity contribution in [1.29, 1.82) is 0 Å². The third kappa shape index (κ3) is 8.18. The van der Waals surface area contributed by atoms with Crippen LogP contribution in [0.1, 0.15) is 55.9 Å². The molecule has 2 aromatic rings. The maximum absolute atomic E-state index is 13.3. The second-order valence-electron chi connectivity index (χ2n) is 8.38. The monoisotopic (exact) mass is 474 g/mol. The van der Waals surface area contributed by atoms with Gasteiger partial charge in [0.05, 0.1) is 5.75 Å². The Labute approximate surface area is 202 Å². The number of benzene rings is 2. The van der Waals surface area contributed by atoms with Crippen LogP contribution in [0.5, 0.6) is 0 Å². The second kappa shape index (κ2) is 12.9. The molecule has 2 atom stereocenters. The van der Waals surface area contributed by atoms with E-state index in [0.717, 1.165) is 17.7 Å². The van der Waals surface area contributed by atoms with E-state index in [0.29, 0.717) is 23.7 Å². The van der Waals surface area contributed by atoms with Crippen molar-refractivity contribution in [1.82, 2.24) is 10.2 Å². The molecule has 0 aromatic heterocycles. The number of hydrogen-bond donors (Lipinski definition) is 1. The fraction of sp³-hybridized carbons (Fsp3) is 0.462. The Morgan fingerprint density at radius 1 is 1.00 bits per heavy atom. The van der Waals surface area contributed by atoms with E-state index in [1.54, 1.807) is 16.7 Å². The predicted octanol–water partition coefficient (Wildman–Crippen LogP) is 5.91. The summed E-state index contributed by atoms with van der Waals surface area (Å²) < 4.78 is 0. The van der Waals surface area contributed by atoms with Gasteiger partial charge in [-0.3, -0.25) is 9.59 Å². The zero-order valence-corrected chi connectivity index (χ0v) is 21.4. The van der Waals surface area contributed by atoms with Crippen molar-refractivity contribution in [2.24, 2.45) is 0 Å². The molecular formula is C26H35ClN2O2S. The van der Waals surface area contributed by atoms with Crippen LogP contribution in [-0.2, 0) is 21.9 Å². The highest BCUT2D eigenvalue weighted by atomic mass is 35.5. The first kappa shape index (κ1) is 26.3. The summed E-state index contributed by atoms with van der Waals surface area (Å²) in [6.45, 7) is 10.5. The first-order valence-corrected chi connectivity index (χ1v) is 12.8. The molecule has 0 aliphatic carbocycles. The van der Waals surface area contributed by atoms with Crippen LogP contribution in [0.3, 0.4) is 0 Å². The van der Waals surface area contributed by atoms with E-state index in [1.165, 1.54) is 16.7 Å². The maximum Gasteiger partial charge on any atom is 0.243 e. The van der Waals surface area contributed by atoms with Gasteiger partial charge in [0.15, 0.2) is 0 Å². The number of rotatable bonds is 11. The van der Waals surface area contributed by atoms with Crippen molar-refractivity contribution < 1.29 is 9.59 Å². The van der Waals surface area contributed by atoms with E-state index in [9.17, 15) is 9.59 Å². The normalized spacial score (nSPS) is 12.8. The minimum Gasteiger partial charge on any atom is -0.352 e. The molecule has 174 valence electrons. The molecule has 6 heteroatoms. The van der Waals surface area contributed by atoms with E-state index in [-0.39, 0.29) is 17.9 Å². The van der Waals surface area contributed by atoms with Gasteiger partial charge in [-0.1, -0.05) is 66.9 Å². The van der Waals surface area contributed by atoms with Gasteiger partial charge in [0.25, 0.3) is 0 Å². The zero-order chi connectivity index (χ0) is 23.7. The molecule has 0 spiro atoms. The standard InChI is InChI=1S/C26H35ClN2O2S/c1-6-20(5)28-26(31)24(7-2)29(15-21-8-10-23(27)11-9-21)25(30)17-32-16-22-13-18(3)12-19(4)14-22/h8-14,20,24H,6-7,15-17H2,1-5H3,(H,28,31)/t20-,24+/m0/s1. The fourth-order valence-corrected chi connectivity index (χ4v) is 4.61. The highest BCUT2D eigenvalue weighted by Gasteiger charge is 2.29. The molecule has 0 bridgehead atoms. The number of carbonyl (C=O) groups excluding carboxylic acids is 2. The maximum atomic E-state index is 13.3. The lowest BCUT2D eigenvalue weighted by atomic mass is 10.1. The first-order valence-electron chi connectivity index (χ1n) is 11.2. The summed E-state index contributed by atoms with van der Waals surface area (Å²) in [7, 11) is 0. The molecule has 2 rings (SSSR count). The molecule has 0 radical (unpaired) electrons. The van der Waals surface area contributed by atoms with Crippen LogP contribution in [0.2, 0.25) is 5.02 Å². The van der Waals surface area contributed by atoms with Crippen LogP contribution < -0.4 is 5.32 Å². The van der Waals surface area contributed by atoms with Gasteiger partial charge < -0.3 is 10.2 Å². The van der Waals surface area contributed by atoms with E-state index in [1.807, 2.05) is 45.0 Å². The lowest BCUT2D eigenvalue weighted by molar-refractivity contribution is -0.139. The van der Waals surface area contributed by atoms with E-state index in [2.05, 4.69) is 37.4 Å². The molecule has 1 N–H and O–H groups in total. The molecule has 0 aliphatic heterocycles. The van der Waals surface area contributed by atoms with Crippen LogP contribution in [0.25, 0.3) is 0 Å². The number of nitrogens with one attached hydrogen (secondary N) is 1. The summed E-state index contributed by atoms with van der Waals surface area (Å²) in [4.78, 5) is 28.0. The Bertz CT molecular complexity index is 881. The Morgan fingerprint density at radius 2 is 1.62 bits per heavy atom. The summed E-state index contributed by atoms with van der Waals surface area (Å²) in [5, 5.41) is 3.69. The number of halogens is 1. The van der Waals surface area contributed by atoms with Crippen LogP contribution in [0, 0.1) is 13.8 Å². The van der Waals surface area contributed by atoms with E-state index in [4.69, 9.17) is 11.6 Å². The average Bonchev–Trinajstić information content (AvgIpc) is 2.74. The van der Waals surface area contributed by atoms with Crippen LogP contribution in [0.4, 0.5) is 0 Å². The molecule has 0 fully saturated rings. The van der Waals surface area contributed by atoms with Crippen LogP contribution in [0.15, 0.2) is 42.5 Å². The molecule has 4 nitrogen and oxygen atoms in total. The molecule has 2 aromatic carbocycles. The van der Waals surface area contributed by atoms with Crippen molar-refractivity contribution in [2.75, 3.05) is 5.75 Å². The lowest BCUT2D eigenvalue weighted by Gasteiger charge is -2.31. The van der Waals surface area contributed by atoms with Crippen molar-refractivity contribution in [2.45, 2.75) is 71.8 Å². The predicted molar refractivity (Wildman–Crippen MR) is 136 cm³/mol. The first-order chi connectivity index (χ1) is 15.2. The van der Waals surface area contributed by atoms with Gasteiger partial charge in [-0.25, -0.2) is 0 Å². The van der Waals surface area contributed by atoms with Gasteiger partial charge in [-0.15, -0.1) is 11.8 Å². The molecule has 0 heterocycles. The Hall–Kier alpha value is -1.98. The largest absolute Gasteiger partial charge is 0.352 e. The Morgan fingerprint density at radius 3 is 2.19 bits per heavy atom. The minimum absolute atomic E-state index is 0.0273. The molecule has 0 unspecified atom stereocenters. The van der Waals surface area contributed by atoms with Gasteiger partial charge in [0.1, 0.15) is 6.04 Å². The van der Waals surface area contributed by atoms with E-state index < -0.39 is 6.04 Å². The van der Waals surface area contributed by atoms with Crippen LogP contribution >= 0.6 is 23.4 Å². The second-order valence-corrected chi connectivity index (χ2v) is 9.80. The number of aryl methyl sites for hydroxylation is 2. The zero-order valence-electron chi connectivity index (χ0n) is 19.8. The summed E-state index contributed by atoms with van der Waals surface area (Å²) >= 11 is 7.61. The summed E-state index contributed by atoms with van der Waals surface area (Å²) in [6, 6.07) is 13.5. The highest BCUT2D eigenvalue weighted by molar-refractivity contribution is 7.99. The number of nitrogens with zero attached hydrogens (tertiary/aromatic N) is 1. The topological polar surface area (TPSA) is 49.4 Å². The minimum atomic E-state index is -0.506. The molecule has 2 amide bonds. The van der Waals surface area contributed by atoms with Crippen molar-refractivity contribution >= 4 is 35.2 Å². The number of carbonyl (C=O) groups is 2. The van der Waals surface area contributed by atoms with Gasteiger partial charge in [-0.2, -0.15) is 0 Å². The van der Waals surface area contributed by atoms with Crippen LogP contribution in [-0.4, -0.2) is 34.6 Å². The summed E-state index contributed by atoms with van der Waals surface area (Å²) in [5.41, 5.74) is 4.62. The van der Waals surface area contributed by atoms with Gasteiger partial charge in [0.2, 0.25) is 11.8 Å². The van der Waals surface area contributed by atoms with E-state index >= 15 is 0 Å². The lowest BCUT2D eigenvalue weighted by Crippen LogP contribution is -2.51. The van der Waals surface area contributed by atoms with Gasteiger partial charge in [0, 0.05) is 23.4 Å². The summed E-state index contributed by atoms with van der Waals surface area (Å²) in [6.07, 6.45) is 1.41. The fourth-order valence-electron chi connectivity index (χ4n) is 3.64. The third-order valence-electron chi connectivity index (χ3n) is 5.43. The average molecular weight is 475 g/mol. The molecule has 32 heavy (non-hydrogen) atoms. The Kier molecular flexibility index (Phi) is 10.6. The molecular weight excluding hydrogens is 440 g/mol. The number of amides is 2. The number of hydrogen-bond acceptors (Lipinski definition) is 3. The molecule has 0 saturated carbocycles. The van der Waals surface area contributed by atoms with Crippen molar-refractivity contribution in [3.05, 3.63) is 69.7 Å². The quantitative estimate of drug-likeness (QED) is 0.440. The molecule has 0 aliphatic rings. The Balaban J connectivity index is 2.14. The smallest absolute Gasteiger partial charge is 0.243 e. The third-order valence-corrected chi connectivity index (χ3v) is 6.67. The van der Waals surface area contributed by atoms with Crippen molar-refractivity contribution in [3.63, 3.8) is 0 Å². The van der Waals surface area contributed by atoms with Gasteiger partial charge >= 0.3 is 0 Å². The highest BCUT2D eigenvalue weighted by Crippen LogP contribution is 2.20. The molecule has 0 saturated heterocycles. The SMILES string of the molecule is CC[C@H](C(=O)N[C@@H](C)CC)N(Cc1ccc(Cl)cc1)C(=O)CSCc1cc(C)cc(C)c1. The van der Waals surface area contributed by atoms with Gasteiger partial charge in [-0.05, 0) is 56.9 Å².